The van der Waals surface area contributed by atoms with Crippen molar-refractivity contribution in [3.05, 3.63) is 47.9 Å². The highest BCUT2D eigenvalue weighted by molar-refractivity contribution is 5.69. The minimum absolute atomic E-state index is 0.0874. The molecule has 0 bridgehead atoms. The fourth-order valence-electron chi connectivity index (χ4n) is 1.74. The van der Waals surface area contributed by atoms with E-state index in [0.717, 1.165) is 18.2 Å². The van der Waals surface area contributed by atoms with E-state index in [1.807, 2.05) is 0 Å². The predicted octanol–water partition coefficient (Wildman–Crippen LogP) is 3.95. The van der Waals surface area contributed by atoms with Crippen LogP contribution >= 0.6 is 0 Å². The van der Waals surface area contributed by atoms with Crippen molar-refractivity contribution in [2.45, 2.75) is 6.18 Å². The lowest BCUT2D eigenvalue weighted by atomic mass is 10.00. The van der Waals surface area contributed by atoms with Gasteiger partial charge in [0.2, 0.25) is 0 Å². The lowest BCUT2D eigenvalue weighted by Crippen LogP contribution is -2.08. The summed E-state index contributed by atoms with van der Waals surface area (Å²) in [6.07, 6.45) is -3.40. The minimum Gasteiger partial charge on any atom is -0.373 e. The number of nitrogens with one attached hydrogen (secondary N) is 1. The summed E-state index contributed by atoms with van der Waals surface area (Å²) in [7, 11) is 1.63. The summed E-state index contributed by atoms with van der Waals surface area (Å²) < 4.78 is 52.3. The van der Waals surface area contributed by atoms with Crippen LogP contribution in [0.1, 0.15) is 5.56 Å². The number of benzene rings is 1. The fraction of sp³-hybridized carbons (Fsp3) is 0.154. The Balaban J connectivity index is 2.60. The molecule has 0 radical (unpaired) electrons. The van der Waals surface area contributed by atoms with Crippen molar-refractivity contribution >= 4 is 5.82 Å². The SMILES string of the molecule is CNc1ccc(-c2c(F)cccc2C(F)(F)F)cn1. The molecule has 1 aromatic heterocycles. The first kappa shape index (κ1) is 13.3. The van der Waals surface area contributed by atoms with Crippen LogP contribution in [-0.2, 0) is 6.18 Å². The second-order valence-corrected chi connectivity index (χ2v) is 3.84. The predicted molar refractivity (Wildman–Crippen MR) is 64.2 cm³/mol. The monoisotopic (exact) mass is 270 g/mol. The first-order valence-corrected chi connectivity index (χ1v) is 5.43. The van der Waals surface area contributed by atoms with E-state index in [1.54, 1.807) is 7.05 Å². The van der Waals surface area contributed by atoms with Crippen LogP contribution in [0.3, 0.4) is 0 Å². The van der Waals surface area contributed by atoms with Crippen molar-refractivity contribution in [1.82, 2.24) is 4.98 Å². The van der Waals surface area contributed by atoms with E-state index < -0.39 is 23.1 Å². The highest BCUT2D eigenvalue weighted by Crippen LogP contribution is 2.38. The van der Waals surface area contributed by atoms with Crippen molar-refractivity contribution in [1.29, 1.82) is 0 Å². The number of pyridine rings is 1. The maximum absolute atomic E-state index is 13.7. The third-order valence-electron chi connectivity index (χ3n) is 2.63. The zero-order valence-corrected chi connectivity index (χ0v) is 9.92. The van der Waals surface area contributed by atoms with Gasteiger partial charge in [-0.3, -0.25) is 0 Å². The number of alkyl halides is 3. The standard InChI is InChI=1S/C13H10F4N2/c1-18-11-6-5-8(7-19-11)12-9(13(15,16)17)3-2-4-10(12)14/h2-7H,1H3,(H,18,19). The summed E-state index contributed by atoms with van der Waals surface area (Å²) in [5.74, 6) is -0.428. The largest absolute Gasteiger partial charge is 0.417 e. The molecular weight excluding hydrogens is 260 g/mol. The summed E-state index contributed by atoms with van der Waals surface area (Å²) in [5.41, 5.74) is -1.40. The molecule has 1 aromatic carbocycles. The first-order chi connectivity index (χ1) is 8.93. The summed E-state index contributed by atoms with van der Waals surface area (Å²) in [4.78, 5) is 3.89. The maximum atomic E-state index is 13.7. The van der Waals surface area contributed by atoms with Crippen molar-refractivity contribution < 1.29 is 17.6 Å². The van der Waals surface area contributed by atoms with Gasteiger partial charge in [0, 0.05) is 24.4 Å². The summed E-state index contributed by atoms with van der Waals surface area (Å²) >= 11 is 0. The molecule has 1 N–H and O–H groups in total. The Morgan fingerprint density at radius 3 is 2.37 bits per heavy atom. The second-order valence-electron chi connectivity index (χ2n) is 3.84. The highest BCUT2D eigenvalue weighted by atomic mass is 19.4. The molecule has 0 aliphatic heterocycles. The van der Waals surface area contributed by atoms with E-state index in [-0.39, 0.29) is 5.56 Å². The number of nitrogens with zero attached hydrogens (tertiary/aromatic N) is 1. The van der Waals surface area contributed by atoms with Gasteiger partial charge in [-0.2, -0.15) is 13.2 Å². The van der Waals surface area contributed by atoms with Crippen LogP contribution in [0.5, 0.6) is 0 Å². The number of rotatable bonds is 2. The topological polar surface area (TPSA) is 24.9 Å². The Hall–Kier alpha value is -2.11. The van der Waals surface area contributed by atoms with Gasteiger partial charge in [-0.05, 0) is 24.3 Å². The van der Waals surface area contributed by atoms with E-state index >= 15 is 0 Å². The minimum atomic E-state index is -4.61. The van der Waals surface area contributed by atoms with Crippen LogP contribution in [0.15, 0.2) is 36.5 Å². The number of aromatic nitrogens is 1. The van der Waals surface area contributed by atoms with Gasteiger partial charge in [0.15, 0.2) is 0 Å². The molecule has 0 atom stereocenters. The fourth-order valence-corrected chi connectivity index (χ4v) is 1.74. The molecule has 1 heterocycles. The van der Waals surface area contributed by atoms with E-state index in [9.17, 15) is 17.6 Å². The molecule has 0 aliphatic carbocycles. The summed E-state index contributed by atoms with van der Waals surface area (Å²) in [6, 6.07) is 5.77. The van der Waals surface area contributed by atoms with Crippen LogP contribution < -0.4 is 5.32 Å². The molecule has 2 aromatic rings. The molecule has 100 valence electrons. The van der Waals surface area contributed by atoms with E-state index in [0.29, 0.717) is 5.82 Å². The van der Waals surface area contributed by atoms with Crippen LogP contribution in [-0.4, -0.2) is 12.0 Å². The molecule has 0 saturated carbocycles. The van der Waals surface area contributed by atoms with Crippen molar-refractivity contribution in [3.8, 4) is 11.1 Å². The average Bonchev–Trinajstić information content (AvgIpc) is 2.37. The van der Waals surface area contributed by atoms with Crippen LogP contribution in [0, 0.1) is 5.82 Å². The Kier molecular flexibility index (Phi) is 3.42. The van der Waals surface area contributed by atoms with Crippen molar-refractivity contribution in [2.75, 3.05) is 12.4 Å². The van der Waals surface area contributed by atoms with Gasteiger partial charge >= 0.3 is 6.18 Å². The van der Waals surface area contributed by atoms with E-state index in [2.05, 4.69) is 10.3 Å². The van der Waals surface area contributed by atoms with E-state index in [4.69, 9.17) is 0 Å². The first-order valence-electron chi connectivity index (χ1n) is 5.43. The third kappa shape index (κ3) is 2.67. The van der Waals surface area contributed by atoms with E-state index in [1.165, 1.54) is 18.3 Å². The number of halogens is 4. The Labute approximate surface area is 107 Å². The molecular formula is C13H10F4N2. The van der Waals surface area contributed by atoms with Gasteiger partial charge in [0.1, 0.15) is 11.6 Å². The maximum Gasteiger partial charge on any atom is 0.417 e. The molecule has 0 spiro atoms. The molecule has 0 aliphatic rings. The van der Waals surface area contributed by atoms with Gasteiger partial charge in [-0.25, -0.2) is 9.37 Å². The molecule has 6 heteroatoms. The average molecular weight is 270 g/mol. The third-order valence-corrected chi connectivity index (χ3v) is 2.63. The van der Waals surface area contributed by atoms with Gasteiger partial charge in [-0.15, -0.1) is 0 Å². The quantitative estimate of drug-likeness (QED) is 0.836. The highest BCUT2D eigenvalue weighted by Gasteiger charge is 2.34. The number of hydrogen-bond donors (Lipinski definition) is 1. The Morgan fingerprint density at radius 2 is 1.84 bits per heavy atom. The summed E-state index contributed by atoms with van der Waals surface area (Å²) in [6.45, 7) is 0. The number of anilines is 1. The van der Waals surface area contributed by atoms with Gasteiger partial charge < -0.3 is 5.32 Å². The molecule has 2 rings (SSSR count). The Morgan fingerprint density at radius 1 is 1.11 bits per heavy atom. The molecule has 0 fully saturated rings. The second kappa shape index (κ2) is 4.87. The zero-order chi connectivity index (χ0) is 14.0. The molecule has 0 saturated heterocycles. The van der Waals surface area contributed by atoms with Crippen molar-refractivity contribution in [2.24, 2.45) is 0 Å². The molecule has 2 nitrogen and oxygen atoms in total. The van der Waals surface area contributed by atoms with Gasteiger partial charge in [-0.1, -0.05) is 6.07 Å². The van der Waals surface area contributed by atoms with Crippen LogP contribution in [0.4, 0.5) is 23.4 Å². The van der Waals surface area contributed by atoms with Crippen molar-refractivity contribution in [3.63, 3.8) is 0 Å². The number of hydrogen-bond acceptors (Lipinski definition) is 2. The summed E-state index contributed by atoms with van der Waals surface area (Å²) in [5, 5.41) is 2.74. The molecule has 19 heavy (non-hydrogen) atoms. The van der Waals surface area contributed by atoms with Crippen LogP contribution in [0.25, 0.3) is 11.1 Å². The smallest absolute Gasteiger partial charge is 0.373 e. The van der Waals surface area contributed by atoms with Gasteiger partial charge in [0.05, 0.1) is 5.56 Å². The zero-order valence-electron chi connectivity index (χ0n) is 9.92. The Bertz CT molecular complexity index is 576. The molecule has 0 amide bonds. The molecule has 0 unspecified atom stereocenters. The van der Waals surface area contributed by atoms with Crippen LogP contribution in [0.2, 0.25) is 0 Å². The normalized spacial score (nSPS) is 11.4. The lowest BCUT2D eigenvalue weighted by Gasteiger charge is -2.13. The van der Waals surface area contributed by atoms with Gasteiger partial charge in [0.25, 0.3) is 0 Å². The lowest BCUT2D eigenvalue weighted by molar-refractivity contribution is -0.137.